The molecular formula is C14H22N2O5S. The lowest BCUT2D eigenvalue weighted by Gasteiger charge is -2.17. The number of hydrogen-bond donors (Lipinski definition) is 4. The number of nitrogens with one attached hydrogen (secondary N) is 2. The van der Waals surface area contributed by atoms with E-state index in [9.17, 15) is 13.2 Å². The lowest BCUT2D eigenvalue weighted by molar-refractivity contribution is 0.0696. The van der Waals surface area contributed by atoms with Crippen LogP contribution in [0, 0.1) is 0 Å². The van der Waals surface area contributed by atoms with Crippen LogP contribution in [-0.2, 0) is 10.0 Å². The van der Waals surface area contributed by atoms with Crippen LogP contribution < -0.4 is 10.0 Å². The van der Waals surface area contributed by atoms with E-state index in [-0.39, 0.29) is 36.1 Å². The molecule has 0 heterocycles. The first-order valence-electron chi connectivity index (χ1n) is 7.06. The highest BCUT2D eigenvalue weighted by Crippen LogP contribution is 2.24. The van der Waals surface area contributed by atoms with Crippen molar-refractivity contribution in [1.29, 1.82) is 0 Å². The van der Waals surface area contributed by atoms with Gasteiger partial charge in [0, 0.05) is 19.2 Å². The first-order chi connectivity index (χ1) is 10.3. The van der Waals surface area contributed by atoms with Gasteiger partial charge in [-0.3, -0.25) is 0 Å². The molecule has 0 aliphatic heterocycles. The molecule has 0 unspecified atom stereocenters. The fourth-order valence-electron chi connectivity index (χ4n) is 1.73. The minimum atomic E-state index is -3.86. The summed E-state index contributed by atoms with van der Waals surface area (Å²) >= 11 is 0. The summed E-state index contributed by atoms with van der Waals surface area (Å²) in [7, 11) is -3.86. The van der Waals surface area contributed by atoms with E-state index < -0.39 is 16.0 Å². The van der Waals surface area contributed by atoms with E-state index in [0.717, 1.165) is 12.5 Å². The maximum Gasteiger partial charge on any atom is 0.335 e. The number of carboxylic acid groups (broad SMARTS) is 1. The van der Waals surface area contributed by atoms with Crippen LogP contribution in [0.2, 0.25) is 0 Å². The topological polar surface area (TPSA) is 116 Å². The average molecular weight is 330 g/mol. The Morgan fingerprint density at radius 2 is 2.05 bits per heavy atom. The fraction of sp³-hybridized carbons (Fsp3) is 0.500. The molecule has 1 aromatic rings. The number of carbonyl (C=O) groups is 1. The molecule has 1 aromatic carbocycles. The monoisotopic (exact) mass is 330 g/mol. The third-order valence-corrected chi connectivity index (χ3v) is 4.66. The van der Waals surface area contributed by atoms with Crippen molar-refractivity contribution in [2.45, 2.75) is 37.6 Å². The number of rotatable bonds is 9. The molecule has 22 heavy (non-hydrogen) atoms. The number of aromatic carboxylic acids is 1. The van der Waals surface area contributed by atoms with Crippen LogP contribution in [0.5, 0.6) is 0 Å². The van der Waals surface area contributed by atoms with Gasteiger partial charge in [-0.15, -0.1) is 0 Å². The van der Waals surface area contributed by atoms with Crippen LogP contribution in [0.3, 0.4) is 0 Å². The van der Waals surface area contributed by atoms with Crippen molar-refractivity contribution < 1.29 is 23.4 Å². The van der Waals surface area contributed by atoms with Crippen LogP contribution in [0.15, 0.2) is 23.1 Å². The smallest absolute Gasteiger partial charge is 0.335 e. The van der Waals surface area contributed by atoms with Gasteiger partial charge in [0.1, 0.15) is 4.90 Å². The molecule has 0 radical (unpaired) electrons. The van der Waals surface area contributed by atoms with Crippen molar-refractivity contribution in [3.05, 3.63) is 23.8 Å². The zero-order valence-corrected chi connectivity index (χ0v) is 13.5. The van der Waals surface area contributed by atoms with E-state index in [1.807, 2.05) is 13.8 Å². The highest BCUT2D eigenvalue weighted by molar-refractivity contribution is 7.89. The van der Waals surface area contributed by atoms with Gasteiger partial charge in [0.2, 0.25) is 10.0 Å². The van der Waals surface area contributed by atoms with Crippen molar-refractivity contribution in [2.24, 2.45) is 0 Å². The Kier molecular flexibility index (Phi) is 6.79. The molecule has 4 N–H and O–H groups in total. The third-order valence-electron chi connectivity index (χ3n) is 3.16. The SMILES string of the molecule is CC[C@H](C)Nc1ccc(C(=O)O)cc1S(=O)(=O)NCCCO. The Bertz CT molecular complexity index is 616. The summed E-state index contributed by atoms with van der Waals surface area (Å²) in [5.74, 6) is -1.19. The molecule has 0 fully saturated rings. The lowest BCUT2D eigenvalue weighted by Crippen LogP contribution is -2.27. The van der Waals surface area contributed by atoms with Crippen LogP contribution in [0.1, 0.15) is 37.0 Å². The Hall–Kier alpha value is -1.64. The van der Waals surface area contributed by atoms with Crippen molar-refractivity contribution in [2.75, 3.05) is 18.5 Å². The van der Waals surface area contributed by atoms with E-state index in [2.05, 4.69) is 10.0 Å². The van der Waals surface area contributed by atoms with Crippen molar-refractivity contribution in [1.82, 2.24) is 4.72 Å². The number of benzene rings is 1. The molecule has 0 aliphatic carbocycles. The molecule has 8 heteroatoms. The molecule has 0 aliphatic rings. The number of anilines is 1. The zero-order valence-electron chi connectivity index (χ0n) is 12.7. The maximum atomic E-state index is 12.3. The standard InChI is InChI=1S/C14H22N2O5S/c1-3-10(2)16-12-6-5-11(14(18)19)9-13(12)22(20,21)15-7-4-8-17/h5-6,9-10,15-17H,3-4,7-8H2,1-2H3,(H,18,19)/t10-/m0/s1. The third kappa shape index (κ3) is 4.97. The summed E-state index contributed by atoms with van der Waals surface area (Å²) in [5.41, 5.74) is 0.257. The maximum absolute atomic E-state index is 12.3. The van der Waals surface area contributed by atoms with Crippen molar-refractivity contribution in [3.8, 4) is 0 Å². The molecular weight excluding hydrogens is 308 g/mol. The Morgan fingerprint density at radius 1 is 1.36 bits per heavy atom. The van der Waals surface area contributed by atoms with Crippen molar-refractivity contribution >= 4 is 21.7 Å². The van der Waals surface area contributed by atoms with E-state index in [1.54, 1.807) is 0 Å². The largest absolute Gasteiger partial charge is 0.478 e. The normalized spacial score (nSPS) is 12.9. The molecule has 0 saturated carbocycles. The number of aliphatic hydroxyl groups excluding tert-OH is 1. The molecule has 7 nitrogen and oxygen atoms in total. The van der Waals surface area contributed by atoms with Crippen LogP contribution in [0.4, 0.5) is 5.69 Å². The van der Waals surface area contributed by atoms with Gasteiger partial charge in [0.25, 0.3) is 0 Å². The van der Waals surface area contributed by atoms with Gasteiger partial charge in [-0.25, -0.2) is 17.9 Å². The second-order valence-corrected chi connectivity index (χ2v) is 6.68. The molecule has 0 saturated heterocycles. The minimum absolute atomic E-state index is 0.0436. The molecule has 0 amide bonds. The van der Waals surface area contributed by atoms with Gasteiger partial charge in [0.15, 0.2) is 0 Å². The van der Waals surface area contributed by atoms with Gasteiger partial charge >= 0.3 is 5.97 Å². The molecule has 1 atom stereocenters. The van der Waals surface area contributed by atoms with Crippen LogP contribution in [0.25, 0.3) is 0 Å². The van der Waals surface area contributed by atoms with Gasteiger partial charge in [-0.1, -0.05) is 6.92 Å². The second-order valence-electron chi connectivity index (χ2n) is 4.94. The summed E-state index contributed by atoms with van der Waals surface area (Å²) in [5, 5.41) is 20.8. The first kappa shape index (κ1) is 18.4. The Morgan fingerprint density at radius 3 is 2.59 bits per heavy atom. The Balaban J connectivity index is 3.21. The number of sulfonamides is 1. The lowest BCUT2D eigenvalue weighted by atomic mass is 10.2. The molecule has 0 bridgehead atoms. The number of aliphatic hydroxyl groups is 1. The van der Waals surface area contributed by atoms with Crippen molar-refractivity contribution in [3.63, 3.8) is 0 Å². The van der Waals surface area contributed by atoms with E-state index >= 15 is 0 Å². The summed E-state index contributed by atoms with van der Waals surface area (Å²) in [6, 6.07) is 3.99. The van der Waals surface area contributed by atoms with E-state index in [0.29, 0.717) is 5.69 Å². The van der Waals surface area contributed by atoms with Gasteiger partial charge in [-0.2, -0.15) is 0 Å². The fourth-order valence-corrected chi connectivity index (χ4v) is 2.99. The van der Waals surface area contributed by atoms with E-state index in [4.69, 9.17) is 10.2 Å². The molecule has 0 aromatic heterocycles. The molecule has 124 valence electrons. The highest BCUT2D eigenvalue weighted by atomic mass is 32.2. The summed E-state index contributed by atoms with van der Waals surface area (Å²) in [6.07, 6.45) is 1.07. The van der Waals surface area contributed by atoms with Gasteiger partial charge in [-0.05, 0) is 38.0 Å². The van der Waals surface area contributed by atoms with Gasteiger partial charge < -0.3 is 15.5 Å². The van der Waals surface area contributed by atoms with Gasteiger partial charge in [0.05, 0.1) is 11.3 Å². The zero-order chi connectivity index (χ0) is 16.8. The predicted octanol–water partition coefficient (Wildman–Crippen LogP) is 1.26. The minimum Gasteiger partial charge on any atom is -0.478 e. The summed E-state index contributed by atoms with van der Waals surface area (Å²) < 4.78 is 27.0. The summed E-state index contributed by atoms with van der Waals surface area (Å²) in [4.78, 5) is 11.0. The van der Waals surface area contributed by atoms with E-state index in [1.165, 1.54) is 12.1 Å². The number of carboxylic acids is 1. The quantitative estimate of drug-likeness (QED) is 0.507. The predicted molar refractivity (Wildman–Crippen MR) is 83.7 cm³/mol. The first-order valence-corrected chi connectivity index (χ1v) is 8.54. The molecule has 1 rings (SSSR count). The number of hydrogen-bond acceptors (Lipinski definition) is 5. The highest BCUT2D eigenvalue weighted by Gasteiger charge is 2.21. The molecule has 0 spiro atoms. The average Bonchev–Trinajstić information content (AvgIpc) is 2.47. The second kappa shape index (κ2) is 8.11. The van der Waals surface area contributed by atoms with Crippen LogP contribution in [-0.4, -0.2) is 43.8 Å². The summed E-state index contributed by atoms with van der Waals surface area (Å²) in [6.45, 7) is 3.81. The van der Waals surface area contributed by atoms with Crippen LogP contribution >= 0.6 is 0 Å². The Labute approximate surface area is 130 Å².